The largest absolute Gasteiger partial charge is 0.495 e. The maximum atomic E-state index is 5.13. The molecule has 0 atom stereocenters. The van der Waals surface area contributed by atoms with E-state index in [1.54, 1.807) is 7.11 Å². The van der Waals surface area contributed by atoms with Crippen molar-refractivity contribution in [3.05, 3.63) is 22.7 Å². The Morgan fingerprint density at radius 2 is 2.38 bits per heavy atom. The summed E-state index contributed by atoms with van der Waals surface area (Å²) in [5.41, 5.74) is 0.956. The number of hydrogen-bond donors (Lipinski definition) is 1. The van der Waals surface area contributed by atoms with Crippen LogP contribution in [0.1, 0.15) is 0 Å². The molecule has 0 aliphatic carbocycles. The number of ether oxygens (including phenoxy) is 1. The van der Waals surface area contributed by atoms with E-state index in [1.165, 1.54) is 0 Å². The van der Waals surface area contributed by atoms with Crippen LogP contribution in [0, 0.1) is 12.3 Å². The maximum absolute atomic E-state index is 5.13. The van der Waals surface area contributed by atoms with Gasteiger partial charge in [0.2, 0.25) is 0 Å². The third-order valence-electron chi connectivity index (χ3n) is 1.55. The third-order valence-corrected chi connectivity index (χ3v) is 2.20. The van der Waals surface area contributed by atoms with Gasteiger partial charge in [0.05, 0.1) is 18.1 Å². The lowest BCUT2D eigenvalue weighted by Crippen LogP contribution is -1.98. The molecule has 0 bridgehead atoms. The van der Waals surface area contributed by atoms with Crippen molar-refractivity contribution in [2.45, 2.75) is 0 Å². The van der Waals surface area contributed by atoms with Gasteiger partial charge in [-0.2, -0.15) is 0 Å². The number of terminal acetylenes is 1. The van der Waals surface area contributed by atoms with Crippen molar-refractivity contribution in [2.24, 2.45) is 0 Å². The molecular formula is C10H10BrNO. The van der Waals surface area contributed by atoms with Gasteiger partial charge < -0.3 is 10.1 Å². The van der Waals surface area contributed by atoms with Crippen molar-refractivity contribution in [1.82, 2.24) is 0 Å². The summed E-state index contributed by atoms with van der Waals surface area (Å²) in [6.07, 6.45) is 5.12. The standard InChI is InChI=1S/C10H10BrNO/c1-3-6-12-8-4-5-9(11)10(7-8)13-2/h1,4-5,7,12H,6H2,2H3. The van der Waals surface area contributed by atoms with Crippen LogP contribution in [0.3, 0.4) is 0 Å². The van der Waals surface area contributed by atoms with Gasteiger partial charge in [0.15, 0.2) is 0 Å². The first-order chi connectivity index (χ1) is 6.27. The number of halogens is 1. The normalized spacial score (nSPS) is 9.00. The molecule has 1 aromatic rings. The molecule has 13 heavy (non-hydrogen) atoms. The van der Waals surface area contributed by atoms with E-state index in [-0.39, 0.29) is 0 Å². The minimum absolute atomic E-state index is 0.519. The van der Waals surface area contributed by atoms with E-state index in [2.05, 4.69) is 27.2 Å². The number of hydrogen-bond acceptors (Lipinski definition) is 2. The summed E-state index contributed by atoms with van der Waals surface area (Å²) in [4.78, 5) is 0. The molecule has 0 unspecified atom stereocenters. The Morgan fingerprint density at radius 1 is 1.62 bits per heavy atom. The van der Waals surface area contributed by atoms with E-state index in [4.69, 9.17) is 11.2 Å². The molecule has 1 rings (SSSR count). The Morgan fingerprint density at radius 3 is 3.00 bits per heavy atom. The average molecular weight is 240 g/mol. The number of benzene rings is 1. The van der Waals surface area contributed by atoms with Gasteiger partial charge in [-0.15, -0.1) is 6.42 Å². The summed E-state index contributed by atoms with van der Waals surface area (Å²) in [5, 5.41) is 3.06. The molecule has 0 aliphatic heterocycles. The average Bonchev–Trinajstić information content (AvgIpc) is 2.16. The second-order valence-electron chi connectivity index (χ2n) is 2.41. The lowest BCUT2D eigenvalue weighted by molar-refractivity contribution is 0.412. The zero-order valence-corrected chi connectivity index (χ0v) is 8.89. The van der Waals surface area contributed by atoms with Gasteiger partial charge in [-0.1, -0.05) is 5.92 Å². The molecule has 0 amide bonds. The van der Waals surface area contributed by atoms with Crippen LogP contribution in [0.4, 0.5) is 5.69 Å². The van der Waals surface area contributed by atoms with Crippen LogP contribution in [-0.2, 0) is 0 Å². The van der Waals surface area contributed by atoms with Crippen LogP contribution in [-0.4, -0.2) is 13.7 Å². The second kappa shape index (κ2) is 4.78. The highest BCUT2D eigenvalue weighted by atomic mass is 79.9. The number of rotatable bonds is 3. The Balaban J connectivity index is 2.81. The molecule has 0 saturated heterocycles. The zero-order chi connectivity index (χ0) is 9.68. The number of anilines is 1. The fraction of sp³-hybridized carbons (Fsp3) is 0.200. The van der Waals surface area contributed by atoms with Gasteiger partial charge in [-0.3, -0.25) is 0 Å². The first-order valence-corrected chi connectivity index (χ1v) is 4.58. The van der Waals surface area contributed by atoms with Gasteiger partial charge >= 0.3 is 0 Å². The minimum Gasteiger partial charge on any atom is -0.495 e. The lowest BCUT2D eigenvalue weighted by Gasteiger charge is -2.06. The Bertz CT molecular complexity index is 330. The summed E-state index contributed by atoms with van der Waals surface area (Å²) in [5.74, 6) is 3.30. The highest BCUT2D eigenvalue weighted by molar-refractivity contribution is 9.10. The van der Waals surface area contributed by atoms with E-state index >= 15 is 0 Å². The predicted molar refractivity (Wildman–Crippen MR) is 58.0 cm³/mol. The van der Waals surface area contributed by atoms with Gasteiger partial charge in [-0.25, -0.2) is 0 Å². The Labute approximate surface area is 86.4 Å². The van der Waals surface area contributed by atoms with Crippen LogP contribution in [0.2, 0.25) is 0 Å². The Hall–Kier alpha value is -1.14. The molecular weight excluding hydrogens is 230 g/mol. The first-order valence-electron chi connectivity index (χ1n) is 3.79. The van der Waals surface area contributed by atoms with Crippen molar-refractivity contribution >= 4 is 21.6 Å². The fourth-order valence-electron chi connectivity index (χ4n) is 0.923. The van der Waals surface area contributed by atoms with Crippen molar-refractivity contribution in [3.8, 4) is 18.1 Å². The molecule has 1 N–H and O–H groups in total. The van der Waals surface area contributed by atoms with Crippen molar-refractivity contribution in [1.29, 1.82) is 0 Å². The van der Waals surface area contributed by atoms with Crippen LogP contribution in [0.5, 0.6) is 5.75 Å². The maximum Gasteiger partial charge on any atom is 0.135 e. The Kier molecular flexibility index (Phi) is 3.66. The summed E-state index contributed by atoms with van der Waals surface area (Å²) in [7, 11) is 1.63. The number of methoxy groups -OCH3 is 1. The molecule has 68 valence electrons. The van der Waals surface area contributed by atoms with Gasteiger partial charge in [-0.05, 0) is 28.1 Å². The van der Waals surface area contributed by atoms with Crippen molar-refractivity contribution < 1.29 is 4.74 Å². The smallest absolute Gasteiger partial charge is 0.135 e. The van der Waals surface area contributed by atoms with E-state index in [1.807, 2.05) is 18.2 Å². The van der Waals surface area contributed by atoms with E-state index in [9.17, 15) is 0 Å². The van der Waals surface area contributed by atoms with E-state index in [0.717, 1.165) is 15.9 Å². The molecule has 0 heterocycles. The molecule has 0 aromatic heterocycles. The van der Waals surface area contributed by atoms with Gasteiger partial charge in [0, 0.05) is 11.8 Å². The highest BCUT2D eigenvalue weighted by Gasteiger charge is 1.99. The van der Waals surface area contributed by atoms with Crippen LogP contribution >= 0.6 is 15.9 Å². The molecule has 1 aromatic carbocycles. The van der Waals surface area contributed by atoms with Crippen molar-refractivity contribution in [2.75, 3.05) is 19.0 Å². The van der Waals surface area contributed by atoms with Gasteiger partial charge in [0.25, 0.3) is 0 Å². The topological polar surface area (TPSA) is 21.3 Å². The molecule has 0 saturated carbocycles. The monoisotopic (exact) mass is 239 g/mol. The van der Waals surface area contributed by atoms with E-state index in [0.29, 0.717) is 6.54 Å². The molecule has 0 aliphatic rings. The molecule has 3 heteroatoms. The SMILES string of the molecule is C#CCNc1ccc(Br)c(OC)c1. The fourth-order valence-corrected chi connectivity index (χ4v) is 1.33. The quantitative estimate of drug-likeness (QED) is 0.819. The third kappa shape index (κ3) is 2.67. The van der Waals surface area contributed by atoms with E-state index < -0.39 is 0 Å². The summed E-state index contributed by atoms with van der Waals surface area (Å²) in [6.45, 7) is 0.519. The van der Waals surface area contributed by atoms with Crippen molar-refractivity contribution in [3.63, 3.8) is 0 Å². The predicted octanol–water partition coefficient (Wildman–Crippen LogP) is 2.50. The minimum atomic E-state index is 0.519. The lowest BCUT2D eigenvalue weighted by atomic mass is 10.3. The summed E-state index contributed by atoms with van der Waals surface area (Å²) >= 11 is 3.37. The van der Waals surface area contributed by atoms with Crippen LogP contribution in [0.15, 0.2) is 22.7 Å². The summed E-state index contributed by atoms with van der Waals surface area (Å²) < 4.78 is 6.06. The molecule has 2 nitrogen and oxygen atoms in total. The van der Waals surface area contributed by atoms with Crippen LogP contribution < -0.4 is 10.1 Å². The molecule has 0 radical (unpaired) electrons. The van der Waals surface area contributed by atoms with Crippen LogP contribution in [0.25, 0.3) is 0 Å². The first kappa shape index (κ1) is 9.94. The highest BCUT2D eigenvalue weighted by Crippen LogP contribution is 2.27. The second-order valence-corrected chi connectivity index (χ2v) is 3.26. The van der Waals surface area contributed by atoms with Gasteiger partial charge in [0.1, 0.15) is 5.75 Å². The summed E-state index contributed by atoms with van der Waals surface area (Å²) in [6, 6.07) is 5.74. The molecule has 0 fully saturated rings. The zero-order valence-electron chi connectivity index (χ0n) is 7.30. The number of nitrogens with one attached hydrogen (secondary N) is 1. The molecule has 0 spiro atoms.